The molecule has 0 radical (unpaired) electrons. The van der Waals surface area contributed by atoms with Crippen molar-refractivity contribution in [3.8, 4) is 0 Å². The van der Waals surface area contributed by atoms with Crippen molar-refractivity contribution in [2.24, 2.45) is 5.92 Å². The molecule has 10 heavy (non-hydrogen) atoms. The fraction of sp³-hybridized carbons (Fsp3) is 0.444. The predicted molar refractivity (Wildman–Crippen MR) is 43.8 cm³/mol. The second kappa shape index (κ2) is 6.27. The zero-order chi connectivity index (χ0) is 7.82. The summed E-state index contributed by atoms with van der Waals surface area (Å²) in [5.41, 5.74) is 0. The van der Waals surface area contributed by atoms with Crippen LogP contribution in [0.5, 0.6) is 0 Å². The van der Waals surface area contributed by atoms with Crippen LogP contribution >= 0.6 is 0 Å². The minimum atomic E-state index is 0.369. The standard InChI is InChI=1S/C9H14O/c1-3-4-5-6-9(2)7-8-10/h3-6,8-9H,7H2,1-2H3. The Morgan fingerprint density at radius 3 is 2.60 bits per heavy atom. The van der Waals surface area contributed by atoms with E-state index in [0.29, 0.717) is 12.3 Å². The number of carbonyl (C=O) groups excluding carboxylic acids is 1. The summed E-state index contributed by atoms with van der Waals surface area (Å²) in [7, 11) is 0. The molecule has 1 nitrogen and oxygen atoms in total. The van der Waals surface area contributed by atoms with Gasteiger partial charge in [0.1, 0.15) is 6.29 Å². The molecule has 0 aromatic carbocycles. The summed E-state index contributed by atoms with van der Waals surface area (Å²) >= 11 is 0. The molecule has 0 saturated heterocycles. The van der Waals surface area contributed by atoms with Gasteiger partial charge in [0, 0.05) is 6.42 Å². The van der Waals surface area contributed by atoms with Gasteiger partial charge in [0.25, 0.3) is 0 Å². The molecule has 0 amide bonds. The highest BCUT2D eigenvalue weighted by molar-refractivity contribution is 5.50. The maximum Gasteiger partial charge on any atom is 0.120 e. The maximum atomic E-state index is 10.00. The Balaban J connectivity index is 3.54. The summed E-state index contributed by atoms with van der Waals surface area (Å²) in [5, 5.41) is 0. The molecule has 0 spiro atoms. The third-order valence-electron chi connectivity index (χ3n) is 1.21. The summed E-state index contributed by atoms with van der Waals surface area (Å²) < 4.78 is 0. The van der Waals surface area contributed by atoms with Crippen molar-refractivity contribution in [2.45, 2.75) is 20.3 Å². The van der Waals surface area contributed by atoms with E-state index in [1.807, 2.05) is 38.2 Å². The lowest BCUT2D eigenvalue weighted by atomic mass is 10.1. The van der Waals surface area contributed by atoms with Crippen molar-refractivity contribution >= 4 is 6.29 Å². The van der Waals surface area contributed by atoms with Gasteiger partial charge in [-0.15, -0.1) is 0 Å². The van der Waals surface area contributed by atoms with Crippen molar-refractivity contribution in [1.82, 2.24) is 0 Å². The summed E-state index contributed by atoms with van der Waals surface area (Å²) in [6.07, 6.45) is 9.48. The fourth-order valence-corrected chi connectivity index (χ4v) is 0.595. The van der Waals surface area contributed by atoms with Crippen LogP contribution in [0.25, 0.3) is 0 Å². The molecule has 0 N–H and O–H groups in total. The molecule has 0 rings (SSSR count). The first-order valence-corrected chi connectivity index (χ1v) is 3.54. The monoisotopic (exact) mass is 138 g/mol. The third kappa shape index (κ3) is 5.29. The van der Waals surface area contributed by atoms with E-state index in [9.17, 15) is 4.79 Å². The van der Waals surface area contributed by atoms with Crippen molar-refractivity contribution in [3.05, 3.63) is 24.3 Å². The Hall–Kier alpha value is -0.850. The first-order chi connectivity index (χ1) is 4.81. The SMILES string of the molecule is CC=CC=CC(C)CC=O. The van der Waals surface area contributed by atoms with Gasteiger partial charge in [0.15, 0.2) is 0 Å². The Kier molecular flexibility index (Phi) is 5.74. The first kappa shape index (κ1) is 9.15. The minimum Gasteiger partial charge on any atom is -0.303 e. The Morgan fingerprint density at radius 1 is 1.40 bits per heavy atom. The molecule has 1 heteroatoms. The Bertz CT molecular complexity index is 134. The number of hydrogen-bond donors (Lipinski definition) is 0. The highest BCUT2D eigenvalue weighted by Gasteiger charge is 1.91. The van der Waals surface area contributed by atoms with Crippen LogP contribution in [0.2, 0.25) is 0 Å². The van der Waals surface area contributed by atoms with Crippen LogP contribution in [-0.2, 0) is 4.79 Å². The Morgan fingerprint density at radius 2 is 2.10 bits per heavy atom. The van der Waals surface area contributed by atoms with E-state index in [1.165, 1.54) is 0 Å². The van der Waals surface area contributed by atoms with Crippen LogP contribution < -0.4 is 0 Å². The van der Waals surface area contributed by atoms with Gasteiger partial charge in [-0.2, -0.15) is 0 Å². The molecule has 0 aliphatic rings. The third-order valence-corrected chi connectivity index (χ3v) is 1.21. The number of aldehydes is 1. The molecule has 0 aromatic heterocycles. The van der Waals surface area contributed by atoms with Gasteiger partial charge in [0.2, 0.25) is 0 Å². The lowest BCUT2D eigenvalue weighted by Crippen LogP contribution is -1.88. The zero-order valence-electron chi connectivity index (χ0n) is 6.58. The molecule has 1 unspecified atom stereocenters. The lowest BCUT2D eigenvalue weighted by molar-refractivity contribution is -0.108. The minimum absolute atomic E-state index is 0.369. The summed E-state index contributed by atoms with van der Waals surface area (Å²) in [5.74, 6) is 0.369. The number of allylic oxidation sites excluding steroid dienone is 4. The van der Waals surface area contributed by atoms with Gasteiger partial charge in [-0.05, 0) is 12.8 Å². The Labute approximate surface area is 62.4 Å². The van der Waals surface area contributed by atoms with E-state index in [2.05, 4.69) is 0 Å². The number of hydrogen-bond acceptors (Lipinski definition) is 1. The van der Waals surface area contributed by atoms with Crippen molar-refractivity contribution < 1.29 is 4.79 Å². The average Bonchev–Trinajstić information content (AvgIpc) is 1.89. The molecule has 0 bridgehead atoms. The normalized spacial score (nSPS) is 14.6. The quantitative estimate of drug-likeness (QED) is 0.430. The van der Waals surface area contributed by atoms with Crippen LogP contribution in [0.3, 0.4) is 0 Å². The maximum absolute atomic E-state index is 10.00. The van der Waals surface area contributed by atoms with Crippen LogP contribution in [0, 0.1) is 5.92 Å². The van der Waals surface area contributed by atoms with Crippen LogP contribution in [0.15, 0.2) is 24.3 Å². The number of carbonyl (C=O) groups is 1. The molecular weight excluding hydrogens is 124 g/mol. The van der Waals surface area contributed by atoms with Gasteiger partial charge in [-0.1, -0.05) is 31.2 Å². The van der Waals surface area contributed by atoms with E-state index in [-0.39, 0.29) is 0 Å². The second-order valence-corrected chi connectivity index (χ2v) is 2.29. The van der Waals surface area contributed by atoms with Gasteiger partial charge in [-0.3, -0.25) is 0 Å². The van der Waals surface area contributed by atoms with Crippen LogP contribution in [0.1, 0.15) is 20.3 Å². The van der Waals surface area contributed by atoms with Gasteiger partial charge in [0.05, 0.1) is 0 Å². The summed E-state index contributed by atoms with van der Waals surface area (Å²) in [6, 6.07) is 0. The topological polar surface area (TPSA) is 17.1 Å². The first-order valence-electron chi connectivity index (χ1n) is 3.54. The van der Waals surface area contributed by atoms with E-state index >= 15 is 0 Å². The number of rotatable bonds is 4. The molecule has 0 aliphatic heterocycles. The van der Waals surface area contributed by atoms with Crippen LogP contribution in [-0.4, -0.2) is 6.29 Å². The highest BCUT2D eigenvalue weighted by atomic mass is 16.1. The van der Waals surface area contributed by atoms with E-state index < -0.39 is 0 Å². The highest BCUT2D eigenvalue weighted by Crippen LogP contribution is 2.00. The largest absolute Gasteiger partial charge is 0.303 e. The van der Waals surface area contributed by atoms with Crippen molar-refractivity contribution in [1.29, 1.82) is 0 Å². The average molecular weight is 138 g/mol. The molecule has 0 heterocycles. The smallest absolute Gasteiger partial charge is 0.120 e. The van der Waals surface area contributed by atoms with E-state index in [1.54, 1.807) is 0 Å². The molecular formula is C9H14O. The van der Waals surface area contributed by atoms with E-state index in [0.717, 1.165) is 6.29 Å². The predicted octanol–water partition coefficient (Wildman–Crippen LogP) is 2.34. The molecule has 0 saturated carbocycles. The van der Waals surface area contributed by atoms with E-state index in [4.69, 9.17) is 0 Å². The molecule has 0 fully saturated rings. The van der Waals surface area contributed by atoms with Gasteiger partial charge >= 0.3 is 0 Å². The summed E-state index contributed by atoms with van der Waals surface area (Å²) in [4.78, 5) is 10.00. The van der Waals surface area contributed by atoms with Crippen molar-refractivity contribution in [2.75, 3.05) is 0 Å². The van der Waals surface area contributed by atoms with Crippen LogP contribution in [0.4, 0.5) is 0 Å². The van der Waals surface area contributed by atoms with Gasteiger partial charge in [-0.25, -0.2) is 0 Å². The second-order valence-electron chi connectivity index (χ2n) is 2.29. The van der Waals surface area contributed by atoms with Crippen molar-refractivity contribution in [3.63, 3.8) is 0 Å². The zero-order valence-corrected chi connectivity index (χ0v) is 6.58. The summed E-state index contributed by atoms with van der Waals surface area (Å²) in [6.45, 7) is 3.99. The molecule has 0 aliphatic carbocycles. The van der Waals surface area contributed by atoms with Gasteiger partial charge < -0.3 is 4.79 Å². The molecule has 1 atom stereocenters. The lowest BCUT2D eigenvalue weighted by Gasteiger charge is -1.95. The molecule has 56 valence electrons. The fourth-order valence-electron chi connectivity index (χ4n) is 0.595. The molecule has 0 aromatic rings.